The summed E-state index contributed by atoms with van der Waals surface area (Å²) in [6.45, 7) is -0.0758. The summed E-state index contributed by atoms with van der Waals surface area (Å²) in [6.07, 6.45) is 0. The molecule has 0 radical (unpaired) electrons. The molecule has 0 bridgehead atoms. The average Bonchev–Trinajstić information content (AvgIpc) is 2.63. The summed E-state index contributed by atoms with van der Waals surface area (Å²) in [4.78, 5) is 33.8. The van der Waals surface area contributed by atoms with E-state index in [-0.39, 0.29) is 36.7 Å². The van der Waals surface area contributed by atoms with Gasteiger partial charge < -0.3 is 14.8 Å². The fraction of sp³-hybridized carbons (Fsp3) is 0.294. The van der Waals surface area contributed by atoms with E-state index in [1.54, 1.807) is 25.2 Å². The number of halogens is 2. The van der Waals surface area contributed by atoms with Crippen LogP contribution in [0.4, 0.5) is 11.6 Å². The second-order valence-electron chi connectivity index (χ2n) is 5.67. The van der Waals surface area contributed by atoms with Gasteiger partial charge in [0.25, 0.3) is 0 Å². The molecular weight excluding hydrogens is 409 g/mol. The first-order valence-electron chi connectivity index (χ1n) is 8.01. The minimum Gasteiger partial charge on any atom is -0.481 e. The van der Waals surface area contributed by atoms with Gasteiger partial charge in [0.1, 0.15) is 0 Å². The van der Waals surface area contributed by atoms with Crippen molar-refractivity contribution in [2.24, 2.45) is 0 Å². The van der Waals surface area contributed by atoms with Gasteiger partial charge in [0.15, 0.2) is 0 Å². The van der Waals surface area contributed by atoms with E-state index in [9.17, 15) is 9.59 Å². The Morgan fingerprint density at radius 3 is 2.07 bits per heavy atom. The minimum atomic E-state index is -0.403. The van der Waals surface area contributed by atoms with E-state index in [4.69, 9.17) is 32.7 Å². The van der Waals surface area contributed by atoms with Gasteiger partial charge >= 0.3 is 0 Å². The summed E-state index contributed by atoms with van der Waals surface area (Å²) in [6, 6.07) is 6.24. The van der Waals surface area contributed by atoms with Crippen molar-refractivity contribution in [1.82, 2.24) is 14.9 Å². The van der Waals surface area contributed by atoms with Crippen LogP contribution >= 0.6 is 23.2 Å². The predicted molar refractivity (Wildman–Crippen MR) is 106 cm³/mol. The molecule has 2 N–H and O–H groups in total. The fourth-order valence-corrected chi connectivity index (χ4v) is 2.45. The molecule has 0 saturated carbocycles. The third kappa shape index (κ3) is 6.52. The van der Waals surface area contributed by atoms with Gasteiger partial charge in [0.2, 0.25) is 29.5 Å². The molecule has 1 aromatic carbocycles. The maximum absolute atomic E-state index is 12.2. The highest BCUT2D eigenvalue weighted by atomic mass is 35.5. The highest BCUT2D eigenvalue weighted by Gasteiger charge is 2.14. The Hall–Kier alpha value is -2.62. The van der Waals surface area contributed by atoms with Crippen LogP contribution in [0.25, 0.3) is 0 Å². The number of likely N-dealkylation sites (N-methyl/N-ethyl adjacent to an activating group) is 1. The molecule has 0 fully saturated rings. The van der Waals surface area contributed by atoms with Crippen molar-refractivity contribution in [3.8, 4) is 11.8 Å². The molecule has 2 amide bonds. The smallest absolute Gasteiger partial charge is 0.240 e. The zero-order chi connectivity index (χ0) is 20.7. The standard InChI is InChI=1S/C17H19Cl2N5O4/c1-24(8-13(25)20-10-4-5-11(18)12(19)6-10)9-14(26)21-17-22-15(27-2)7-16(23-17)28-3/h4-7H,8-9H2,1-3H3,(H,20,25)(H,21,22,23,26). The Morgan fingerprint density at radius 1 is 0.964 bits per heavy atom. The molecule has 0 aliphatic heterocycles. The molecule has 150 valence electrons. The number of carbonyl (C=O) groups excluding carboxylic acids is 2. The van der Waals surface area contributed by atoms with Crippen LogP contribution in [0.3, 0.4) is 0 Å². The lowest BCUT2D eigenvalue weighted by Gasteiger charge is -2.16. The van der Waals surface area contributed by atoms with Crippen molar-refractivity contribution in [1.29, 1.82) is 0 Å². The number of anilines is 2. The Labute approximate surface area is 171 Å². The van der Waals surface area contributed by atoms with Crippen molar-refractivity contribution < 1.29 is 19.1 Å². The van der Waals surface area contributed by atoms with Crippen LogP contribution in [0, 0.1) is 0 Å². The number of aromatic nitrogens is 2. The lowest BCUT2D eigenvalue weighted by Crippen LogP contribution is -2.36. The van der Waals surface area contributed by atoms with Crippen LogP contribution < -0.4 is 20.1 Å². The van der Waals surface area contributed by atoms with Crippen LogP contribution in [-0.4, -0.2) is 61.0 Å². The Bertz CT molecular complexity index is 843. The largest absolute Gasteiger partial charge is 0.481 e. The Kier molecular flexibility index (Phi) is 7.80. The number of hydrogen-bond donors (Lipinski definition) is 2. The highest BCUT2D eigenvalue weighted by molar-refractivity contribution is 6.42. The van der Waals surface area contributed by atoms with E-state index in [1.807, 2.05) is 0 Å². The first-order valence-corrected chi connectivity index (χ1v) is 8.76. The third-order valence-corrected chi connectivity index (χ3v) is 4.12. The summed E-state index contributed by atoms with van der Waals surface area (Å²) in [7, 11) is 4.50. The second-order valence-corrected chi connectivity index (χ2v) is 6.49. The number of benzene rings is 1. The molecule has 11 heteroatoms. The van der Waals surface area contributed by atoms with Gasteiger partial charge in [-0.3, -0.25) is 19.8 Å². The minimum absolute atomic E-state index is 0.0179. The van der Waals surface area contributed by atoms with Crippen LogP contribution in [0.5, 0.6) is 11.8 Å². The topological polar surface area (TPSA) is 106 Å². The summed E-state index contributed by atoms with van der Waals surface area (Å²) in [5.41, 5.74) is 0.508. The predicted octanol–water partition coefficient (Wildman–Crippen LogP) is 2.31. The summed E-state index contributed by atoms with van der Waals surface area (Å²) >= 11 is 11.8. The number of ether oxygens (including phenoxy) is 2. The zero-order valence-electron chi connectivity index (χ0n) is 15.5. The number of methoxy groups -OCH3 is 2. The monoisotopic (exact) mass is 427 g/mol. The van der Waals surface area contributed by atoms with Crippen molar-refractivity contribution >= 4 is 46.7 Å². The van der Waals surface area contributed by atoms with Crippen LogP contribution in [0.1, 0.15) is 0 Å². The number of nitrogens with zero attached hydrogens (tertiary/aromatic N) is 3. The molecule has 9 nitrogen and oxygen atoms in total. The molecule has 2 aromatic rings. The van der Waals surface area contributed by atoms with E-state index in [0.29, 0.717) is 15.7 Å². The van der Waals surface area contributed by atoms with Crippen LogP contribution in [0.15, 0.2) is 24.3 Å². The normalized spacial score (nSPS) is 10.5. The first kappa shape index (κ1) is 21.7. The van der Waals surface area contributed by atoms with E-state index in [1.165, 1.54) is 25.2 Å². The van der Waals surface area contributed by atoms with Crippen molar-refractivity contribution in [3.05, 3.63) is 34.3 Å². The van der Waals surface area contributed by atoms with Gasteiger partial charge in [0, 0.05) is 5.69 Å². The number of rotatable bonds is 8. The van der Waals surface area contributed by atoms with Crippen molar-refractivity contribution in [2.45, 2.75) is 0 Å². The van der Waals surface area contributed by atoms with Crippen molar-refractivity contribution in [2.75, 3.05) is 45.0 Å². The lowest BCUT2D eigenvalue weighted by atomic mass is 10.3. The summed E-state index contributed by atoms with van der Waals surface area (Å²) < 4.78 is 10.0. The van der Waals surface area contributed by atoms with E-state index in [2.05, 4.69) is 20.6 Å². The van der Waals surface area contributed by atoms with E-state index < -0.39 is 5.91 Å². The van der Waals surface area contributed by atoms with Gasteiger partial charge in [-0.15, -0.1) is 0 Å². The Morgan fingerprint density at radius 2 is 1.54 bits per heavy atom. The number of carbonyl (C=O) groups is 2. The van der Waals surface area contributed by atoms with Crippen LogP contribution in [0.2, 0.25) is 10.0 Å². The van der Waals surface area contributed by atoms with E-state index in [0.717, 1.165) is 0 Å². The van der Waals surface area contributed by atoms with E-state index >= 15 is 0 Å². The first-order chi connectivity index (χ1) is 13.3. The number of amides is 2. The molecule has 0 spiro atoms. The van der Waals surface area contributed by atoms with Gasteiger partial charge in [0.05, 0.1) is 43.4 Å². The Balaban J connectivity index is 1.88. The molecule has 0 aliphatic carbocycles. The maximum atomic E-state index is 12.2. The zero-order valence-corrected chi connectivity index (χ0v) is 17.0. The molecule has 0 aliphatic rings. The molecule has 0 atom stereocenters. The van der Waals surface area contributed by atoms with Gasteiger partial charge in [-0.25, -0.2) is 0 Å². The number of nitrogens with one attached hydrogen (secondary N) is 2. The molecule has 0 unspecified atom stereocenters. The molecule has 1 heterocycles. The molecule has 2 rings (SSSR count). The molecule has 28 heavy (non-hydrogen) atoms. The summed E-state index contributed by atoms with van der Waals surface area (Å²) in [5.74, 6) is -0.184. The average molecular weight is 428 g/mol. The second kappa shape index (κ2) is 10.1. The van der Waals surface area contributed by atoms with Gasteiger partial charge in [-0.2, -0.15) is 9.97 Å². The quantitative estimate of drug-likeness (QED) is 0.665. The number of hydrogen-bond acceptors (Lipinski definition) is 7. The maximum Gasteiger partial charge on any atom is 0.240 e. The fourth-order valence-electron chi connectivity index (χ4n) is 2.15. The molecule has 1 aromatic heterocycles. The highest BCUT2D eigenvalue weighted by Crippen LogP contribution is 2.25. The SMILES string of the molecule is COc1cc(OC)nc(NC(=O)CN(C)CC(=O)Nc2ccc(Cl)c(Cl)c2)n1. The lowest BCUT2D eigenvalue weighted by molar-refractivity contribution is -0.119. The molecule has 0 saturated heterocycles. The summed E-state index contributed by atoms with van der Waals surface area (Å²) in [5, 5.41) is 5.94. The van der Waals surface area contributed by atoms with Crippen LogP contribution in [-0.2, 0) is 9.59 Å². The molecular formula is C17H19Cl2N5O4. The van der Waals surface area contributed by atoms with Gasteiger partial charge in [-0.05, 0) is 25.2 Å². The third-order valence-electron chi connectivity index (χ3n) is 3.38. The van der Waals surface area contributed by atoms with Crippen molar-refractivity contribution in [3.63, 3.8) is 0 Å². The van der Waals surface area contributed by atoms with Gasteiger partial charge in [-0.1, -0.05) is 23.2 Å².